The lowest BCUT2D eigenvalue weighted by Gasteiger charge is -2.23. The highest BCUT2D eigenvalue weighted by Crippen LogP contribution is 2.23. The van der Waals surface area contributed by atoms with Gasteiger partial charge in [0.2, 0.25) is 5.91 Å². The van der Waals surface area contributed by atoms with E-state index in [4.69, 9.17) is 0 Å². The number of amides is 1. The highest BCUT2D eigenvalue weighted by molar-refractivity contribution is 5.83. The van der Waals surface area contributed by atoms with E-state index in [1.165, 1.54) is 10.9 Å². The molecule has 1 aromatic carbocycles. The second kappa shape index (κ2) is 7.36. The SMILES string of the molecule is CN(C)[C@@H]1CN(C(=O)CCCc2c[nH]c3ccccc23)C[C@H]1CO. The van der Waals surface area contributed by atoms with Gasteiger partial charge in [0.1, 0.15) is 0 Å². The van der Waals surface area contributed by atoms with Crippen LogP contribution in [0.4, 0.5) is 0 Å². The van der Waals surface area contributed by atoms with Crippen LogP contribution in [0.1, 0.15) is 18.4 Å². The Kier molecular flexibility index (Phi) is 5.21. The van der Waals surface area contributed by atoms with Gasteiger partial charge in [-0.25, -0.2) is 0 Å². The predicted octanol–water partition coefficient (Wildman–Crippen LogP) is 1.87. The van der Waals surface area contributed by atoms with Gasteiger partial charge in [-0.05, 0) is 38.6 Å². The number of carbonyl (C=O) groups is 1. The van der Waals surface area contributed by atoms with Gasteiger partial charge in [-0.2, -0.15) is 0 Å². The summed E-state index contributed by atoms with van der Waals surface area (Å²) in [6, 6.07) is 8.53. The molecule has 24 heavy (non-hydrogen) atoms. The first-order valence-corrected chi connectivity index (χ1v) is 8.70. The van der Waals surface area contributed by atoms with Crippen molar-refractivity contribution in [2.45, 2.75) is 25.3 Å². The summed E-state index contributed by atoms with van der Waals surface area (Å²) < 4.78 is 0. The molecule has 0 saturated carbocycles. The molecule has 5 heteroatoms. The lowest BCUT2D eigenvalue weighted by molar-refractivity contribution is -0.130. The standard InChI is InChI=1S/C19H27N3O2/c1-21(2)18-12-22(11-15(18)13-23)19(24)9-5-6-14-10-20-17-8-4-3-7-16(14)17/h3-4,7-8,10,15,18,20,23H,5-6,9,11-13H2,1-2H3/t15-,18+/m0/s1. The van der Waals surface area contributed by atoms with Crippen molar-refractivity contribution in [2.75, 3.05) is 33.8 Å². The number of aryl methyl sites for hydroxylation is 1. The molecule has 0 unspecified atom stereocenters. The molecule has 0 radical (unpaired) electrons. The lowest BCUT2D eigenvalue weighted by atomic mass is 10.0. The summed E-state index contributed by atoms with van der Waals surface area (Å²) in [7, 11) is 4.02. The van der Waals surface area contributed by atoms with E-state index < -0.39 is 0 Å². The molecule has 2 atom stereocenters. The smallest absolute Gasteiger partial charge is 0.222 e. The van der Waals surface area contributed by atoms with Crippen molar-refractivity contribution in [3.05, 3.63) is 36.0 Å². The zero-order valence-corrected chi connectivity index (χ0v) is 14.5. The monoisotopic (exact) mass is 329 g/mol. The molecular formula is C19H27N3O2. The van der Waals surface area contributed by atoms with Crippen LogP contribution in [-0.2, 0) is 11.2 Å². The number of nitrogens with zero attached hydrogens (tertiary/aromatic N) is 2. The number of benzene rings is 1. The second-order valence-electron chi connectivity index (χ2n) is 6.99. The number of fused-ring (bicyclic) bond motifs is 1. The number of nitrogens with one attached hydrogen (secondary N) is 1. The van der Waals surface area contributed by atoms with E-state index in [2.05, 4.69) is 28.2 Å². The van der Waals surface area contributed by atoms with Crippen LogP contribution in [0.25, 0.3) is 10.9 Å². The maximum absolute atomic E-state index is 12.5. The number of hydrogen-bond acceptors (Lipinski definition) is 3. The van der Waals surface area contributed by atoms with E-state index in [9.17, 15) is 9.90 Å². The minimum atomic E-state index is 0.141. The van der Waals surface area contributed by atoms with Crippen LogP contribution in [-0.4, -0.2) is 65.6 Å². The van der Waals surface area contributed by atoms with Gasteiger partial charge in [0.15, 0.2) is 0 Å². The Morgan fingerprint density at radius 2 is 2.12 bits per heavy atom. The van der Waals surface area contributed by atoms with Gasteiger partial charge in [0.25, 0.3) is 0 Å². The molecule has 1 aromatic heterocycles. The number of H-pyrrole nitrogens is 1. The molecule has 2 heterocycles. The fraction of sp³-hybridized carbons (Fsp3) is 0.526. The average Bonchev–Trinajstić information content (AvgIpc) is 3.19. The highest BCUT2D eigenvalue weighted by atomic mass is 16.3. The van der Waals surface area contributed by atoms with Crippen molar-refractivity contribution < 1.29 is 9.90 Å². The number of hydrogen-bond donors (Lipinski definition) is 2. The van der Waals surface area contributed by atoms with Gasteiger partial charge < -0.3 is 19.9 Å². The number of rotatable bonds is 6. The van der Waals surface area contributed by atoms with Crippen LogP contribution >= 0.6 is 0 Å². The number of aliphatic hydroxyl groups is 1. The molecule has 1 fully saturated rings. The Labute approximate surface area is 143 Å². The fourth-order valence-corrected chi connectivity index (χ4v) is 3.75. The number of aromatic nitrogens is 1. The Balaban J connectivity index is 1.53. The molecule has 5 nitrogen and oxygen atoms in total. The Morgan fingerprint density at radius 1 is 1.33 bits per heavy atom. The molecule has 2 aromatic rings. The second-order valence-corrected chi connectivity index (χ2v) is 6.99. The maximum atomic E-state index is 12.5. The third kappa shape index (κ3) is 3.47. The van der Waals surface area contributed by atoms with Gasteiger partial charge in [-0.15, -0.1) is 0 Å². The molecule has 1 aliphatic rings. The Hall–Kier alpha value is -1.85. The third-order valence-corrected chi connectivity index (χ3v) is 5.17. The van der Waals surface area contributed by atoms with Gasteiger partial charge in [-0.3, -0.25) is 4.79 Å². The largest absolute Gasteiger partial charge is 0.396 e. The van der Waals surface area contributed by atoms with Crippen molar-refractivity contribution in [3.8, 4) is 0 Å². The minimum absolute atomic E-state index is 0.141. The lowest BCUT2D eigenvalue weighted by Crippen LogP contribution is -2.37. The summed E-state index contributed by atoms with van der Waals surface area (Å²) in [5.41, 5.74) is 2.43. The first-order valence-electron chi connectivity index (χ1n) is 8.70. The van der Waals surface area contributed by atoms with Crippen LogP contribution in [0.3, 0.4) is 0 Å². The van der Waals surface area contributed by atoms with E-state index in [0.29, 0.717) is 13.0 Å². The number of carbonyl (C=O) groups excluding carboxylic acids is 1. The summed E-state index contributed by atoms with van der Waals surface area (Å²) in [5.74, 6) is 0.371. The number of likely N-dealkylation sites (tertiary alicyclic amines) is 1. The van der Waals surface area contributed by atoms with Gasteiger partial charge in [0, 0.05) is 55.2 Å². The molecule has 2 N–H and O–H groups in total. The molecule has 1 saturated heterocycles. The maximum Gasteiger partial charge on any atom is 0.222 e. The van der Waals surface area contributed by atoms with Gasteiger partial charge in [0.05, 0.1) is 0 Å². The van der Waals surface area contributed by atoms with E-state index in [1.54, 1.807) is 0 Å². The number of para-hydroxylation sites is 1. The highest BCUT2D eigenvalue weighted by Gasteiger charge is 2.35. The first kappa shape index (κ1) is 17.0. The Morgan fingerprint density at radius 3 is 2.83 bits per heavy atom. The molecule has 130 valence electrons. The minimum Gasteiger partial charge on any atom is -0.396 e. The van der Waals surface area contributed by atoms with E-state index in [0.717, 1.165) is 24.9 Å². The van der Waals surface area contributed by atoms with Crippen LogP contribution in [0.2, 0.25) is 0 Å². The van der Waals surface area contributed by atoms with Crippen molar-refractivity contribution in [3.63, 3.8) is 0 Å². The van der Waals surface area contributed by atoms with E-state index in [1.807, 2.05) is 31.1 Å². The number of aliphatic hydroxyl groups excluding tert-OH is 1. The van der Waals surface area contributed by atoms with Crippen molar-refractivity contribution >= 4 is 16.8 Å². The summed E-state index contributed by atoms with van der Waals surface area (Å²) in [5, 5.41) is 10.8. The molecule has 0 bridgehead atoms. The van der Waals surface area contributed by atoms with Crippen molar-refractivity contribution in [2.24, 2.45) is 5.92 Å². The van der Waals surface area contributed by atoms with Gasteiger partial charge >= 0.3 is 0 Å². The fourth-order valence-electron chi connectivity index (χ4n) is 3.75. The van der Waals surface area contributed by atoms with Crippen LogP contribution in [0.15, 0.2) is 30.5 Å². The molecule has 0 aliphatic carbocycles. The van der Waals surface area contributed by atoms with Crippen LogP contribution in [0, 0.1) is 5.92 Å². The molecule has 3 rings (SSSR count). The summed E-state index contributed by atoms with van der Waals surface area (Å²) in [6.45, 7) is 1.54. The normalized spacial score (nSPS) is 21.1. The van der Waals surface area contributed by atoms with E-state index >= 15 is 0 Å². The quantitative estimate of drug-likeness (QED) is 0.851. The molecular weight excluding hydrogens is 302 g/mol. The first-order chi connectivity index (χ1) is 11.6. The molecule has 0 spiro atoms. The van der Waals surface area contributed by atoms with Crippen LogP contribution in [0.5, 0.6) is 0 Å². The summed E-state index contributed by atoms with van der Waals surface area (Å²) in [6.07, 6.45) is 4.38. The van der Waals surface area contributed by atoms with Gasteiger partial charge in [-0.1, -0.05) is 18.2 Å². The number of aromatic amines is 1. The van der Waals surface area contributed by atoms with E-state index in [-0.39, 0.29) is 24.5 Å². The molecule has 1 aliphatic heterocycles. The average molecular weight is 329 g/mol. The summed E-state index contributed by atoms with van der Waals surface area (Å²) in [4.78, 5) is 19.8. The topological polar surface area (TPSA) is 59.6 Å². The molecule has 1 amide bonds. The van der Waals surface area contributed by atoms with Crippen molar-refractivity contribution in [1.29, 1.82) is 0 Å². The van der Waals surface area contributed by atoms with Crippen LogP contribution < -0.4 is 0 Å². The predicted molar refractivity (Wildman–Crippen MR) is 95.9 cm³/mol. The third-order valence-electron chi connectivity index (χ3n) is 5.17. The van der Waals surface area contributed by atoms with Crippen molar-refractivity contribution in [1.82, 2.24) is 14.8 Å². The number of likely N-dealkylation sites (N-methyl/N-ethyl adjacent to an activating group) is 1. The zero-order valence-electron chi connectivity index (χ0n) is 14.5. The Bertz CT molecular complexity index is 695. The summed E-state index contributed by atoms with van der Waals surface area (Å²) >= 11 is 0. The zero-order chi connectivity index (χ0) is 17.1.